The van der Waals surface area contributed by atoms with Gasteiger partial charge in [0, 0.05) is 36.7 Å². The predicted molar refractivity (Wildman–Crippen MR) is 130 cm³/mol. The molecule has 0 fully saturated rings. The third kappa shape index (κ3) is 7.09. The van der Waals surface area contributed by atoms with Crippen LogP contribution in [-0.4, -0.2) is 32.3 Å². The van der Waals surface area contributed by atoms with Crippen LogP contribution in [0.2, 0.25) is 0 Å². The van der Waals surface area contributed by atoms with Crippen LogP contribution in [0.25, 0.3) is 22.3 Å². The largest absolute Gasteiger partial charge is 0.493 e. The molecule has 11 heteroatoms. The van der Waals surface area contributed by atoms with E-state index >= 15 is 0 Å². The van der Waals surface area contributed by atoms with Crippen LogP contribution in [0.4, 0.5) is 17.6 Å². The lowest BCUT2D eigenvalue weighted by molar-refractivity contribution is 0.297. The van der Waals surface area contributed by atoms with Gasteiger partial charge in [-0.3, -0.25) is 16.3 Å². The summed E-state index contributed by atoms with van der Waals surface area (Å²) >= 11 is 0. The Balaban J connectivity index is 2.07. The first-order valence-electron chi connectivity index (χ1n) is 11.1. The number of hydrogen-bond acceptors (Lipinski definition) is 5. The van der Waals surface area contributed by atoms with E-state index in [0.717, 1.165) is 24.3 Å². The van der Waals surface area contributed by atoms with Gasteiger partial charge in [0.15, 0.2) is 29.2 Å². The van der Waals surface area contributed by atoms with Gasteiger partial charge in [-0.05, 0) is 47.9 Å². The molecule has 3 aromatic rings. The first-order chi connectivity index (χ1) is 17.3. The number of halogens is 4. The maximum atomic E-state index is 14.1. The molecule has 36 heavy (non-hydrogen) atoms. The fraction of sp³-hybridized carbons (Fsp3) is 0.240. The first-order valence-corrected chi connectivity index (χ1v) is 11.1. The fourth-order valence-electron chi connectivity index (χ4n) is 3.39. The number of ether oxygens (including phenoxy) is 2. The van der Waals surface area contributed by atoms with E-state index in [9.17, 15) is 17.6 Å². The number of hydrogen-bond donors (Lipinski definition) is 4. The average Bonchev–Trinajstić information content (AvgIpc) is 2.85. The minimum atomic E-state index is -1.05. The Morgan fingerprint density at radius 1 is 0.722 bits per heavy atom. The highest BCUT2D eigenvalue weighted by Crippen LogP contribution is 2.41. The van der Waals surface area contributed by atoms with E-state index in [4.69, 9.17) is 26.8 Å². The van der Waals surface area contributed by atoms with Crippen LogP contribution >= 0.6 is 0 Å². The van der Waals surface area contributed by atoms with E-state index in [1.165, 1.54) is 12.1 Å². The number of aliphatic imine (C=N–C) groups is 1. The average molecular weight is 506 g/mol. The van der Waals surface area contributed by atoms with Gasteiger partial charge in [-0.2, -0.15) is 0 Å². The van der Waals surface area contributed by atoms with Crippen molar-refractivity contribution < 1.29 is 27.0 Å². The van der Waals surface area contributed by atoms with Gasteiger partial charge in [-0.1, -0.05) is 12.1 Å². The number of benzene rings is 3. The maximum absolute atomic E-state index is 14.1. The van der Waals surface area contributed by atoms with Gasteiger partial charge in [-0.15, -0.1) is 0 Å². The summed E-state index contributed by atoms with van der Waals surface area (Å²) in [5, 5.41) is 0. The van der Waals surface area contributed by atoms with Gasteiger partial charge in [0.05, 0.1) is 13.2 Å². The Kier molecular flexibility index (Phi) is 9.48. The van der Waals surface area contributed by atoms with Gasteiger partial charge < -0.3 is 20.9 Å². The summed E-state index contributed by atoms with van der Waals surface area (Å²) in [5.41, 5.74) is 14.6. The van der Waals surface area contributed by atoms with E-state index in [2.05, 4.69) is 10.4 Å². The van der Waals surface area contributed by atoms with Gasteiger partial charge in [0.1, 0.15) is 11.5 Å². The van der Waals surface area contributed by atoms with Gasteiger partial charge in [0.25, 0.3) is 0 Å². The van der Waals surface area contributed by atoms with Crippen LogP contribution < -0.4 is 32.2 Å². The van der Waals surface area contributed by atoms with Crippen molar-refractivity contribution in [3.63, 3.8) is 0 Å². The Labute approximate surface area is 205 Å². The molecule has 0 saturated heterocycles. The molecule has 0 bridgehead atoms. The summed E-state index contributed by atoms with van der Waals surface area (Å²) in [6.07, 6.45) is 1.03. The number of nitrogens with two attached hydrogens (primary N) is 3. The van der Waals surface area contributed by atoms with E-state index in [-0.39, 0.29) is 19.2 Å². The highest BCUT2D eigenvalue weighted by atomic mass is 19.2. The summed E-state index contributed by atoms with van der Waals surface area (Å²) in [4.78, 5) is 3.90. The highest BCUT2D eigenvalue weighted by Gasteiger charge is 2.18. The summed E-state index contributed by atoms with van der Waals surface area (Å²) < 4.78 is 67.2. The molecule has 0 atom stereocenters. The van der Waals surface area contributed by atoms with Crippen molar-refractivity contribution in [3.05, 3.63) is 71.8 Å². The molecular weight excluding hydrogens is 478 g/mol. The third-order valence-electron chi connectivity index (χ3n) is 5.12. The lowest BCUT2D eigenvalue weighted by atomic mass is 9.96. The molecule has 0 aliphatic carbocycles. The van der Waals surface area contributed by atoms with Crippen molar-refractivity contribution in [1.29, 1.82) is 0 Å². The minimum absolute atomic E-state index is 0.0454. The fourth-order valence-corrected chi connectivity index (χ4v) is 3.39. The monoisotopic (exact) mass is 505 g/mol. The molecule has 7 nitrogen and oxygen atoms in total. The Morgan fingerprint density at radius 2 is 1.25 bits per heavy atom. The van der Waals surface area contributed by atoms with Gasteiger partial charge in [-0.25, -0.2) is 17.6 Å². The molecule has 0 radical (unpaired) electrons. The first kappa shape index (κ1) is 26.8. The molecule has 192 valence electrons. The zero-order valence-corrected chi connectivity index (χ0v) is 19.4. The molecule has 0 aromatic heterocycles. The summed E-state index contributed by atoms with van der Waals surface area (Å²) in [5.74, 6) is 1.79. The van der Waals surface area contributed by atoms with Crippen molar-refractivity contribution in [2.45, 2.75) is 12.8 Å². The molecule has 0 aliphatic heterocycles. The van der Waals surface area contributed by atoms with E-state index < -0.39 is 23.3 Å². The van der Waals surface area contributed by atoms with Gasteiger partial charge >= 0.3 is 0 Å². The standard InChI is InChI=1S/C25H27F4N5O2/c26-19-5-3-15(11-21(19)28)17-13-18(16-4-6-20(27)22(29)12-16)24(36-10-2-8-34-32)14-23(17)35-9-1-7-33-25(30)31/h3-6,11-14,34H,1-2,7-10,32H2,(H4,30,31,33). The molecule has 7 N–H and O–H groups in total. The maximum Gasteiger partial charge on any atom is 0.185 e. The SMILES string of the molecule is NNCCCOc1cc(OCCCN=C(N)N)c(-c2ccc(F)c(F)c2)cc1-c1ccc(F)c(F)c1. The second-order valence-electron chi connectivity index (χ2n) is 7.77. The van der Waals surface area contributed by atoms with Crippen molar-refractivity contribution in [1.82, 2.24) is 5.43 Å². The van der Waals surface area contributed by atoms with Crippen LogP contribution in [-0.2, 0) is 0 Å². The number of guanidine groups is 1. The molecule has 0 heterocycles. The Bertz CT molecular complexity index is 1220. The quantitative estimate of drug-likeness (QED) is 0.0741. The molecule has 0 amide bonds. The number of hydrazine groups is 1. The van der Waals surface area contributed by atoms with Crippen molar-refractivity contribution >= 4 is 5.96 Å². The molecule has 0 unspecified atom stereocenters. The van der Waals surface area contributed by atoms with E-state index in [1.807, 2.05) is 0 Å². The molecule has 0 saturated carbocycles. The van der Waals surface area contributed by atoms with Crippen molar-refractivity contribution in [2.24, 2.45) is 22.3 Å². The number of nitrogens with zero attached hydrogens (tertiary/aromatic N) is 1. The molecule has 3 rings (SSSR count). The van der Waals surface area contributed by atoms with Crippen LogP contribution in [0.3, 0.4) is 0 Å². The minimum Gasteiger partial charge on any atom is -0.493 e. The van der Waals surface area contributed by atoms with Gasteiger partial charge in [0.2, 0.25) is 0 Å². The predicted octanol–water partition coefficient (Wildman–Crippen LogP) is 3.85. The zero-order valence-electron chi connectivity index (χ0n) is 19.4. The van der Waals surface area contributed by atoms with Crippen LogP contribution in [0.5, 0.6) is 11.5 Å². The second-order valence-corrected chi connectivity index (χ2v) is 7.77. The molecular formula is C25H27F4N5O2. The second kappa shape index (κ2) is 12.8. The van der Waals surface area contributed by atoms with Crippen LogP contribution in [0.15, 0.2) is 53.5 Å². The summed E-state index contributed by atoms with van der Waals surface area (Å²) in [6.45, 7) is 1.27. The lowest BCUT2D eigenvalue weighted by Crippen LogP contribution is -2.24. The van der Waals surface area contributed by atoms with Crippen molar-refractivity contribution in [2.75, 3.05) is 26.3 Å². The highest BCUT2D eigenvalue weighted by molar-refractivity contribution is 5.82. The molecule has 0 aliphatic rings. The zero-order chi connectivity index (χ0) is 26.1. The number of rotatable bonds is 12. The molecule has 0 spiro atoms. The van der Waals surface area contributed by atoms with E-state index in [0.29, 0.717) is 59.7 Å². The number of nitrogens with one attached hydrogen (secondary N) is 1. The van der Waals surface area contributed by atoms with Crippen molar-refractivity contribution in [3.8, 4) is 33.8 Å². The Hall–Kier alpha value is -3.83. The smallest absolute Gasteiger partial charge is 0.185 e. The topological polar surface area (TPSA) is 121 Å². The third-order valence-corrected chi connectivity index (χ3v) is 5.12. The lowest BCUT2D eigenvalue weighted by Gasteiger charge is -2.18. The Morgan fingerprint density at radius 3 is 1.72 bits per heavy atom. The summed E-state index contributed by atoms with van der Waals surface area (Å²) in [7, 11) is 0. The van der Waals surface area contributed by atoms with Crippen LogP contribution in [0, 0.1) is 23.3 Å². The van der Waals surface area contributed by atoms with E-state index in [1.54, 1.807) is 12.1 Å². The normalized spacial score (nSPS) is 10.8. The van der Waals surface area contributed by atoms with Crippen LogP contribution in [0.1, 0.15) is 12.8 Å². The summed E-state index contributed by atoms with van der Waals surface area (Å²) in [6, 6.07) is 10.0. The molecule has 3 aromatic carbocycles.